The minimum atomic E-state index is -0.343. The van der Waals surface area contributed by atoms with Gasteiger partial charge in [-0.25, -0.2) is 9.78 Å². The summed E-state index contributed by atoms with van der Waals surface area (Å²) in [6, 6.07) is 19.3. The van der Waals surface area contributed by atoms with Gasteiger partial charge in [0.1, 0.15) is 18.0 Å². The van der Waals surface area contributed by atoms with E-state index in [0.717, 1.165) is 11.3 Å². The zero-order valence-corrected chi connectivity index (χ0v) is 17.3. The number of pyridine rings is 1. The summed E-state index contributed by atoms with van der Waals surface area (Å²) in [6.07, 6.45) is 1.67. The fourth-order valence-electron chi connectivity index (χ4n) is 3.11. The van der Waals surface area contributed by atoms with Crippen LogP contribution in [-0.4, -0.2) is 15.4 Å². The molecule has 156 valence electrons. The number of nitrogens with one attached hydrogen (secondary N) is 2. The molecule has 4 aromatic rings. The molecule has 0 radical (unpaired) electrons. The summed E-state index contributed by atoms with van der Waals surface area (Å²) in [6.45, 7) is 4.16. The normalized spacial score (nSPS) is 10.6. The van der Waals surface area contributed by atoms with Crippen LogP contribution in [0.1, 0.15) is 16.8 Å². The second-order valence-corrected chi connectivity index (χ2v) is 7.21. The molecule has 4 rings (SSSR count). The van der Waals surface area contributed by atoms with Crippen LogP contribution in [0.5, 0.6) is 5.75 Å². The van der Waals surface area contributed by atoms with E-state index < -0.39 is 0 Å². The van der Waals surface area contributed by atoms with Gasteiger partial charge in [0.25, 0.3) is 5.56 Å². The molecule has 2 heterocycles. The Morgan fingerprint density at radius 3 is 2.55 bits per heavy atom. The third kappa shape index (κ3) is 4.90. The highest BCUT2D eigenvalue weighted by Crippen LogP contribution is 2.19. The Balaban J connectivity index is 1.40. The van der Waals surface area contributed by atoms with Gasteiger partial charge in [-0.2, -0.15) is 0 Å². The molecule has 0 aliphatic heterocycles. The van der Waals surface area contributed by atoms with Gasteiger partial charge in [-0.05, 0) is 61.4 Å². The highest BCUT2D eigenvalue weighted by atomic mass is 16.5. The lowest BCUT2D eigenvalue weighted by atomic mass is 10.1. The second-order valence-electron chi connectivity index (χ2n) is 7.21. The number of hydrogen-bond acceptors (Lipinski definition) is 4. The first-order valence-corrected chi connectivity index (χ1v) is 9.83. The monoisotopic (exact) mass is 414 g/mol. The Morgan fingerprint density at radius 1 is 0.935 bits per heavy atom. The number of rotatable bonds is 5. The van der Waals surface area contributed by atoms with Crippen LogP contribution < -0.4 is 20.9 Å². The molecule has 0 saturated heterocycles. The molecule has 31 heavy (non-hydrogen) atoms. The molecule has 0 aliphatic rings. The quantitative estimate of drug-likeness (QED) is 0.502. The average Bonchev–Trinajstić information content (AvgIpc) is 2.75. The van der Waals surface area contributed by atoms with Crippen LogP contribution in [0.15, 0.2) is 77.7 Å². The number of urea groups is 1. The van der Waals surface area contributed by atoms with Crippen molar-refractivity contribution in [2.24, 2.45) is 0 Å². The molecule has 2 amide bonds. The number of aryl methyl sites for hydroxylation is 2. The summed E-state index contributed by atoms with van der Waals surface area (Å²) in [5.74, 6) is 0.555. The van der Waals surface area contributed by atoms with Gasteiger partial charge in [0.05, 0.1) is 5.69 Å². The summed E-state index contributed by atoms with van der Waals surface area (Å²) in [5.41, 5.74) is 4.51. The Bertz CT molecular complexity index is 1310. The zero-order valence-electron chi connectivity index (χ0n) is 17.3. The molecule has 2 N–H and O–H groups in total. The van der Waals surface area contributed by atoms with Crippen LogP contribution in [0, 0.1) is 13.8 Å². The number of carbonyl (C=O) groups is 1. The SMILES string of the molecule is Cc1ccc(NC(=O)Nc2cccc(OCc3cc(=O)n4ccccc4n3)c2)cc1C. The second kappa shape index (κ2) is 8.71. The van der Waals surface area contributed by atoms with E-state index >= 15 is 0 Å². The number of amides is 2. The van der Waals surface area contributed by atoms with Crippen molar-refractivity contribution in [1.82, 2.24) is 9.38 Å². The number of fused-ring (bicyclic) bond motifs is 1. The molecule has 2 aromatic carbocycles. The van der Waals surface area contributed by atoms with Crippen LogP contribution in [0.3, 0.4) is 0 Å². The van der Waals surface area contributed by atoms with E-state index in [1.807, 2.05) is 38.1 Å². The Morgan fingerprint density at radius 2 is 1.74 bits per heavy atom. The minimum absolute atomic E-state index is 0.138. The van der Waals surface area contributed by atoms with E-state index in [1.165, 1.54) is 16.0 Å². The van der Waals surface area contributed by atoms with Crippen molar-refractivity contribution in [1.29, 1.82) is 0 Å². The largest absolute Gasteiger partial charge is 0.487 e. The van der Waals surface area contributed by atoms with Crippen LogP contribution in [0.2, 0.25) is 0 Å². The van der Waals surface area contributed by atoms with E-state index in [4.69, 9.17) is 4.74 Å². The van der Waals surface area contributed by atoms with E-state index in [2.05, 4.69) is 15.6 Å². The van der Waals surface area contributed by atoms with Crippen molar-refractivity contribution < 1.29 is 9.53 Å². The lowest BCUT2D eigenvalue weighted by Gasteiger charge is -2.11. The average molecular weight is 414 g/mol. The third-order valence-corrected chi connectivity index (χ3v) is 4.87. The van der Waals surface area contributed by atoms with Gasteiger partial charge in [-0.15, -0.1) is 0 Å². The fraction of sp³-hybridized carbons (Fsp3) is 0.125. The number of ether oxygens (including phenoxy) is 1. The van der Waals surface area contributed by atoms with Crippen LogP contribution >= 0.6 is 0 Å². The molecule has 0 spiro atoms. The number of aromatic nitrogens is 2. The molecule has 0 unspecified atom stereocenters. The van der Waals surface area contributed by atoms with Crippen molar-refractivity contribution >= 4 is 23.1 Å². The number of benzene rings is 2. The lowest BCUT2D eigenvalue weighted by molar-refractivity contribution is 0.262. The van der Waals surface area contributed by atoms with E-state index in [0.29, 0.717) is 22.8 Å². The Hall–Kier alpha value is -4.13. The molecular formula is C24H22N4O3. The summed E-state index contributed by atoms with van der Waals surface area (Å²) in [5, 5.41) is 5.62. The maximum absolute atomic E-state index is 12.3. The van der Waals surface area contributed by atoms with Gasteiger partial charge in [0.2, 0.25) is 0 Å². The van der Waals surface area contributed by atoms with Gasteiger partial charge in [-0.1, -0.05) is 18.2 Å². The predicted octanol–water partition coefficient (Wildman–Crippen LogP) is 4.53. The number of anilines is 2. The standard InChI is InChI=1S/C24H22N4O3/c1-16-9-10-19(12-17(16)2)27-24(30)26-18-6-5-7-21(13-18)31-15-20-14-23(29)28-11-4-3-8-22(28)25-20/h3-14H,15H2,1-2H3,(H2,26,27,30). The Labute approximate surface area is 179 Å². The first kappa shape index (κ1) is 20.2. The van der Waals surface area contributed by atoms with Gasteiger partial charge < -0.3 is 15.4 Å². The molecule has 0 fully saturated rings. The van der Waals surface area contributed by atoms with Crippen LogP contribution in [0.25, 0.3) is 5.65 Å². The molecular weight excluding hydrogens is 392 g/mol. The Kier molecular flexibility index (Phi) is 5.66. The number of carbonyl (C=O) groups excluding carboxylic acids is 1. The lowest BCUT2D eigenvalue weighted by Crippen LogP contribution is -2.19. The number of nitrogens with zero attached hydrogens (tertiary/aromatic N) is 2. The van der Waals surface area contributed by atoms with Crippen LogP contribution in [0.4, 0.5) is 16.2 Å². The smallest absolute Gasteiger partial charge is 0.323 e. The van der Waals surface area contributed by atoms with Gasteiger partial charge >= 0.3 is 6.03 Å². The van der Waals surface area contributed by atoms with Crippen molar-refractivity contribution in [3.63, 3.8) is 0 Å². The predicted molar refractivity (Wildman–Crippen MR) is 121 cm³/mol. The molecule has 2 aromatic heterocycles. The first-order valence-electron chi connectivity index (χ1n) is 9.83. The molecule has 0 atom stereocenters. The third-order valence-electron chi connectivity index (χ3n) is 4.87. The van der Waals surface area contributed by atoms with Crippen molar-refractivity contribution in [3.05, 3.63) is 100 Å². The molecule has 0 saturated carbocycles. The van der Waals surface area contributed by atoms with Gasteiger partial charge in [-0.3, -0.25) is 9.20 Å². The number of hydrogen-bond donors (Lipinski definition) is 2. The zero-order chi connectivity index (χ0) is 21.8. The topological polar surface area (TPSA) is 84.7 Å². The van der Waals surface area contributed by atoms with Crippen molar-refractivity contribution in [2.75, 3.05) is 10.6 Å². The van der Waals surface area contributed by atoms with Gasteiger partial charge in [0, 0.05) is 29.7 Å². The van der Waals surface area contributed by atoms with Crippen molar-refractivity contribution in [3.8, 4) is 5.75 Å². The van der Waals surface area contributed by atoms with E-state index in [1.54, 1.807) is 42.6 Å². The van der Waals surface area contributed by atoms with E-state index in [9.17, 15) is 9.59 Å². The van der Waals surface area contributed by atoms with Gasteiger partial charge in [0.15, 0.2) is 0 Å². The first-order chi connectivity index (χ1) is 15.0. The molecule has 7 heteroatoms. The highest BCUT2D eigenvalue weighted by molar-refractivity contribution is 5.99. The van der Waals surface area contributed by atoms with Crippen LogP contribution in [-0.2, 0) is 6.61 Å². The maximum Gasteiger partial charge on any atom is 0.323 e. The summed E-state index contributed by atoms with van der Waals surface area (Å²) < 4.78 is 7.26. The fourth-order valence-corrected chi connectivity index (χ4v) is 3.11. The minimum Gasteiger partial charge on any atom is -0.487 e. The molecule has 7 nitrogen and oxygen atoms in total. The maximum atomic E-state index is 12.3. The molecule has 0 bridgehead atoms. The van der Waals surface area contributed by atoms with E-state index in [-0.39, 0.29) is 18.2 Å². The summed E-state index contributed by atoms with van der Waals surface area (Å²) >= 11 is 0. The molecule has 0 aliphatic carbocycles. The summed E-state index contributed by atoms with van der Waals surface area (Å²) in [7, 11) is 0. The summed E-state index contributed by atoms with van der Waals surface area (Å²) in [4.78, 5) is 28.9. The highest BCUT2D eigenvalue weighted by Gasteiger charge is 2.06. The van der Waals surface area contributed by atoms with Crippen molar-refractivity contribution in [2.45, 2.75) is 20.5 Å².